The van der Waals surface area contributed by atoms with Gasteiger partial charge in [0.2, 0.25) is 27.6 Å². The van der Waals surface area contributed by atoms with E-state index < -0.39 is 15.8 Å². The zero-order valence-electron chi connectivity index (χ0n) is 17.7. The Kier molecular flexibility index (Phi) is 6.07. The van der Waals surface area contributed by atoms with Gasteiger partial charge in [0.15, 0.2) is 0 Å². The second kappa shape index (κ2) is 8.79. The Morgan fingerprint density at radius 2 is 2.06 bits per heavy atom. The van der Waals surface area contributed by atoms with Crippen LogP contribution in [0.3, 0.4) is 0 Å². The van der Waals surface area contributed by atoms with Crippen LogP contribution in [0.2, 0.25) is 0 Å². The maximum absolute atomic E-state index is 13.5. The summed E-state index contributed by atoms with van der Waals surface area (Å²) in [5.74, 6) is -0.361. The number of nitrogens with one attached hydrogen (secondary N) is 1. The number of halogens is 1. The van der Waals surface area contributed by atoms with Gasteiger partial charge in [0.1, 0.15) is 5.82 Å². The van der Waals surface area contributed by atoms with Crippen molar-refractivity contribution in [1.82, 2.24) is 14.4 Å². The Labute approximate surface area is 185 Å². The average molecular weight is 459 g/mol. The molecule has 4 rings (SSSR count). The molecule has 2 heterocycles. The van der Waals surface area contributed by atoms with Gasteiger partial charge in [-0.3, -0.25) is 4.79 Å². The van der Waals surface area contributed by atoms with Crippen LogP contribution < -0.4 is 5.32 Å². The van der Waals surface area contributed by atoms with E-state index >= 15 is 0 Å². The van der Waals surface area contributed by atoms with E-state index in [1.165, 1.54) is 29.4 Å². The van der Waals surface area contributed by atoms with Crippen molar-refractivity contribution in [3.05, 3.63) is 59.7 Å². The number of benzene rings is 2. The Bertz CT molecular complexity index is 1260. The number of nitrogens with zero attached hydrogens (tertiary/aromatic N) is 3. The van der Waals surface area contributed by atoms with E-state index in [0.717, 1.165) is 0 Å². The molecule has 10 heteroatoms. The standard InChI is InChI=1S/C22H23FN4O4S/c1-14-8-9-19(24-15(2)28)12-20(14)32(29,30)27-10-4-6-17(13-27)22-25-21(26-31-22)16-5-3-7-18(23)11-16/h3,5,7-9,11-12,17H,4,6,10,13H2,1-2H3,(H,24,28). The SMILES string of the molecule is CC(=O)Nc1ccc(C)c(S(=O)(=O)N2CCCC(c3nc(-c4cccc(F)c4)no3)C2)c1. The number of hydrogen-bond acceptors (Lipinski definition) is 6. The zero-order chi connectivity index (χ0) is 22.9. The second-order valence-electron chi connectivity index (χ2n) is 7.83. The third kappa shape index (κ3) is 4.56. The Morgan fingerprint density at radius 1 is 1.25 bits per heavy atom. The number of rotatable bonds is 5. The summed E-state index contributed by atoms with van der Waals surface area (Å²) in [4.78, 5) is 15.9. The van der Waals surface area contributed by atoms with Crippen LogP contribution in [0, 0.1) is 12.7 Å². The first-order valence-corrected chi connectivity index (χ1v) is 11.7. The highest BCUT2D eigenvalue weighted by Crippen LogP contribution is 2.32. The Hall–Kier alpha value is -3.11. The minimum Gasteiger partial charge on any atom is -0.339 e. The highest BCUT2D eigenvalue weighted by Gasteiger charge is 2.34. The fraction of sp³-hybridized carbons (Fsp3) is 0.318. The van der Waals surface area contributed by atoms with Crippen LogP contribution in [-0.2, 0) is 14.8 Å². The molecule has 168 valence electrons. The maximum Gasteiger partial charge on any atom is 0.243 e. The van der Waals surface area contributed by atoms with E-state index in [9.17, 15) is 17.6 Å². The van der Waals surface area contributed by atoms with Crippen molar-refractivity contribution in [3.63, 3.8) is 0 Å². The fourth-order valence-corrected chi connectivity index (χ4v) is 5.58. The van der Waals surface area contributed by atoms with Gasteiger partial charge in [0, 0.05) is 31.3 Å². The van der Waals surface area contributed by atoms with Crippen molar-refractivity contribution >= 4 is 21.6 Å². The number of hydrogen-bond donors (Lipinski definition) is 1. The van der Waals surface area contributed by atoms with Gasteiger partial charge >= 0.3 is 0 Å². The molecule has 3 aromatic rings. The van der Waals surface area contributed by atoms with Crippen LogP contribution in [0.15, 0.2) is 51.9 Å². The topological polar surface area (TPSA) is 105 Å². The molecule has 2 aromatic carbocycles. The maximum atomic E-state index is 13.5. The molecule has 0 spiro atoms. The van der Waals surface area contributed by atoms with Crippen LogP contribution in [0.25, 0.3) is 11.4 Å². The number of amides is 1. The van der Waals surface area contributed by atoms with E-state index in [1.807, 2.05) is 0 Å². The molecule has 1 aliphatic heterocycles. The number of carbonyl (C=O) groups excluding carboxylic acids is 1. The van der Waals surface area contributed by atoms with Gasteiger partial charge in [-0.05, 0) is 49.6 Å². The van der Waals surface area contributed by atoms with E-state index in [4.69, 9.17) is 4.52 Å². The second-order valence-corrected chi connectivity index (χ2v) is 9.74. The molecule has 1 fully saturated rings. The molecule has 0 bridgehead atoms. The molecule has 1 saturated heterocycles. The zero-order valence-corrected chi connectivity index (χ0v) is 18.5. The number of sulfonamides is 1. The first kappa shape index (κ1) is 22.1. The minimum atomic E-state index is -3.80. The molecular weight excluding hydrogens is 435 g/mol. The molecular formula is C22H23FN4O4S. The summed E-state index contributed by atoms with van der Waals surface area (Å²) in [5.41, 5.74) is 1.50. The first-order valence-electron chi connectivity index (χ1n) is 10.2. The van der Waals surface area contributed by atoms with Gasteiger partial charge in [-0.25, -0.2) is 12.8 Å². The average Bonchev–Trinajstić information content (AvgIpc) is 3.25. The monoisotopic (exact) mass is 458 g/mol. The summed E-state index contributed by atoms with van der Waals surface area (Å²) in [6, 6.07) is 10.7. The molecule has 1 unspecified atom stereocenters. The summed E-state index contributed by atoms with van der Waals surface area (Å²) in [6.45, 7) is 3.64. The van der Waals surface area contributed by atoms with Crippen molar-refractivity contribution < 1.29 is 22.1 Å². The van der Waals surface area contributed by atoms with Crippen molar-refractivity contribution in [2.24, 2.45) is 0 Å². The molecule has 1 N–H and O–H groups in total. The number of aryl methyl sites for hydroxylation is 1. The summed E-state index contributed by atoms with van der Waals surface area (Å²) in [6.07, 6.45) is 1.33. The molecule has 0 saturated carbocycles. The van der Waals surface area contributed by atoms with Gasteiger partial charge in [0.25, 0.3) is 0 Å². The lowest BCUT2D eigenvalue weighted by molar-refractivity contribution is -0.114. The van der Waals surface area contributed by atoms with Crippen molar-refractivity contribution in [3.8, 4) is 11.4 Å². The fourth-order valence-electron chi connectivity index (χ4n) is 3.81. The predicted octanol–water partition coefficient (Wildman–Crippen LogP) is 3.71. The van der Waals surface area contributed by atoms with Gasteiger partial charge in [-0.15, -0.1) is 0 Å². The highest BCUT2D eigenvalue weighted by molar-refractivity contribution is 7.89. The van der Waals surface area contributed by atoms with E-state index in [2.05, 4.69) is 15.5 Å². The number of piperidine rings is 1. The van der Waals surface area contributed by atoms with Gasteiger partial charge < -0.3 is 9.84 Å². The lowest BCUT2D eigenvalue weighted by Gasteiger charge is -2.30. The smallest absolute Gasteiger partial charge is 0.243 e. The molecule has 8 nitrogen and oxygen atoms in total. The summed E-state index contributed by atoms with van der Waals surface area (Å²) >= 11 is 0. The van der Waals surface area contributed by atoms with E-state index in [1.54, 1.807) is 31.2 Å². The van der Waals surface area contributed by atoms with Crippen LogP contribution in [-0.4, -0.2) is 41.9 Å². The molecule has 0 aliphatic carbocycles. The summed E-state index contributed by atoms with van der Waals surface area (Å²) in [7, 11) is -3.80. The molecule has 1 aliphatic rings. The molecule has 1 amide bonds. The minimum absolute atomic E-state index is 0.148. The van der Waals surface area contributed by atoms with Crippen LogP contribution in [0.5, 0.6) is 0 Å². The lowest BCUT2D eigenvalue weighted by Crippen LogP contribution is -2.39. The third-order valence-corrected chi connectivity index (χ3v) is 7.39. The predicted molar refractivity (Wildman–Crippen MR) is 116 cm³/mol. The van der Waals surface area contributed by atoms with Crippen molar-refractivity contribution in [2.75, 3.05) is 18.4 Å². The first-order chi connectivity index (χ1) is 15.2. The number of anilines is 1. The molecule has 1 atom stereocenters. The van der Waals surface area contributed by atoms with E-state index in [-0.39, 0.29) is 29.1 Å². The quantitative estimate of drug-likeness (QED) is 0.625. The van der Waals surface area contributed by atoms with E-state index in [0.29, 0.717) is 42.1 Å². The lowest BCUT2D eigenvalue weighted by atomic mass is 10.00. The normalized spacial score (nSPS) is 17.3. The van der Waals surface area contributed by atoms with Gasteiger partial charge in [0.05, 0.1) is 10.8 Å². The summed E-state index contributed by atoms with van der Waals surface area (Å²) < 4.78 is 47.1. The van der Waals surface area contributed by atoms with Crippen molar-refractivity contribution in [1.29, 1.82) is 0 Å². The molecule has 1 aromatic heterocycles. The number of carbonyl (C=O) groups is 1. The van der Waals surface area contributed by atoms with Gasteiger partial charge in [-0.1, -0.05) is 23.4 Å². The van der Waals surface area contributed by atoms with Crippen LogP contribution in [0.1, 0.15) is 37.1 Å². The number of aromatic nitrogens is 2. The largest absolute Gasteiger partial charge is 0.339 e. The molecule has 0 radical (unpaired) electrons. The Morgan fingerprint density at radius 3 is 2.81 bits per heavy atom. The molecule has 32 heavy (non-hydrogen) atoms. The van der Waals surface area contributed by atoms with Crippen LogP contribution in [0.4, 0.5) is 10.1 Å². The van der Waals surface area contributed by atoms with Gasteiger partial charge in [-0.2, -0.15) is 9.29 Å². The third-order valence-electron chi connectivity index (χ3n) is 5.38. The highest BCUT2D eigenvalue weighted by atomic mass is 32.2. The Balaban J connectivity index is 1.57. The van der Waals surface area contributed by atoms with Crippen molar-refractivity contribution in [2.45, 2.75) is 37.5 Å². The van der Waals surface area contributed by atoms with Crippen LogP contribution >= 0.6 is 0 Å². The summed E-state index contributed by atoms with van der Waals surface area (Å²) in [5, 5.41) is 6.56.